The smallest absolute Gasteiger partial charge is 0.166 e. The van der Waals surface area contributed by atoms with Crippen LogP contribution in [0.4, 0.5) is 15.9 Å². The second kappa shape index (κ2) is 6.22. The van der Waals surface area contributed by atoms with Crippen molar-refractivity contribution >= 4 is 47.4 Å². The van der Waals surface area contributed by atoms with E-state index in [2.05, 4.69) is 15.3 Å². The standard InChI is InChI=1S/C15H14FN5.2ClH/c1-21-7-5-10-13(17)19-14(20-15(10)21)9-2-3-11-8(12(9)16)4-6-18-11;;/h2-3,5,7,18H,4,6H2,1H3,(H2,17,19,20);2*1H. The minimum absolute atomic E-state index is 0. The number of hydrogen-bond acceptors (Lipinski definition) is 4. The largest absolute Gasteiger partial charge is 0.384 e. The van der Waals surface area contributed by atoms with E-state index in [9.17, 15) is 4.39 Å². The first-order chi connectivity index (χ1) is 10.1. The Morgan fingerprint density at radius 2 is 2.00 bits per heavy atom. The third-order valence-electron chi connectivity index (χ3n) is 3.93. The summed E-state index contributed by atoms with van der Waals surface area (Å²) in [5, 5.41) is 3.94. The molecule has 0 bridgehead atoms. The van der Waals surface area contributed by atoms with E-state index in [1.165, 1.54) is 0 Å². The summed E-state index contributed by atoms with van der Waals surface area (Å²) in [4.78, 5) is 8.73. The van der Waals surface area contributed by atoms with E-state index >= 15 is 0 Å². The van der Waals surface area contributed by atoms with Gasteiger partial charge in [-0.15, -0.1) is 24.8 Å². The fourth-order valence-corrected chi connectivity index (χ4v) is 2.81. The molecular formula is C15H16Cl2FN5. The highest BCUT2D eigenvalue weighted by molar-refractivity contribution is 5.88. The number of nitrogen functional groups attached to an aromatic ring is 1. The summed E-state index contributed by atoms with van der Waals surface area (Å²) < 4.78 is 16.5. The van der Waals surface area contributed by atoms with Crippen LogP contribution in [0, 0.1) is 5.82 Å². The zero-order chi connectivity index (χ0) is 14.6. The van der Waals surface area contributed by atoms with Crippen LogP contribution in [0.1, 0.15) is 5.56 Å². The minimum atomic E-state index is -0.259. The van der Waals surface area contributed by atoms with Crippen molar-refractivity contribution in [2.45, 2.75) is 6.42 Å². The van der Waals surface area contributed by atoms with Crippen LogP contribution in [-0.4, -0.2) is 21.1 Å². The quantitative estimate of drug-likeness (QED) is 0.703. The maximum Gasteiger partial charge on any atom is 0.166 e. The molecule has 0 fully saturated rings. The maximum atomic E-state index is 14.7. The number of aromatic nitrogens is 3. The van der Waals surface area contributed by atoms with Crippen LogP contribution in [-0.2, 0) is 13.5 Å². The molecule has 1 aliphatic rings. The average Bonchev–Trinajstić information content (AvgIpc) is 3.07. The summed E-state index contributed by atoms with van der Waals surface area (Å²) in [5.74, 6) is 0.438. The Bertz CT molecular complexity index is 878. The molecule has 0 spiro atoms. The Balaban J connectivity index is 0.000000960. The average molecular weight is 356 g/mol. The summed E-state index contributed by atoms with van der Waals surface area (Å²) in [5.41, 5.74) is 8.62. The van der Waals surface area contributed by atoms with Crippen molar-refractivity contribution in [3.05, 3.63) is 35.8 Å². The predicted molar refractivity (Wildman–Crippen MR) is 95.0 cm³/mol. The first-order valence-corrected chi connectivity index (χ1v) is 6.79. The van der Waals surface area contributed by atoms with Crippen LogP contribution in [0.2, 0.25) is 0 Å². The molecule has 8 heteroatoms. The molecule has 5 nitrogen and oxygen atoms in total. The molecule has 3 aromatic rings. The third kappa shape index (κ3) is 2.58. The molecule has 0 amide bonds. The second-order valence-electron chi connectivity index (χ2n) is 5.23. The van der Waals surface area contributed by atoms with E-state index in [0.29, 0.717) is 34.8 Å². The molecule has 3 heterocycles. The molecule has 23 heavy (non-hydrogen) atoms. The Morgan fingerprint density at radius 3 is 2.78 bits per heavy atom. The second-order valence-corrected chi connectivity index (χ2v) is 5.23. The van der Waals surface area contributed by atoms with E-state index in [1.54, 1.807) is 6.07 Å². The molecule has 122 valence electrons. The highest BCUT2D eigenvalue weighted by Gasteiger charge is 2.20. The van der Waals surface area contributed by atoms with Gasteiger partial charge in [-0.2, -0.15) is 0 Å². The number of benzene rings is 1. The van der Waals surface area contributed by atoms with Gasteiger partial charge in [-0.25, -0.2) is 14.4 Å². The normalized spacial score (nSPS) is 12.3. The van der Waals surface area contributed by atoms with Gasteiger partial charge in [0.15, 0.2) is 5.82 Å². The number of halogens is 3. The van der Waals surface area contributed by atoms with Gasteiger partial charge in [0.05, 0.1) is 10.9 Å². The molecule has 0 saturated heterocycles. The van der Waals surface area contributed by atoms with Gasteiger partial charge in [-0.05, 0) is 24.6 Å². The van der Waals surface area contributed by atoms with Gasteiger partial charge in [0, 0.05) is 31.0 Å². The van der Waals surface area contributed by atoms with E-state index in [1.807, 2.05) is 29.9 Å². The summed E-state index contributed by atoms with van der Waals surface area (Å²) in [6.07, 6.45) is 2.54. The fourth-order valence-electron chi connectivity index (χ4n) is 2.81. The number of nitrogens with one attached hydrogen (secondary N) is 1. The number of anilines is 2. The number of nitrogens with zero attached hydrogens (tertiary/aromatic N) is 3. The SMILES string of the molecule is Cl.Cl.Cn1ccc2c(N)nc(-c3ccc4c(c3F)CCN4)nc21. The Kier molecular flexibility index (Phi) is 4.68. The van der Waals surface area contributed by atoms with Crippen LogP contribution < -0.4 is 11.1 Å². The van der Waals surface area contributed by atoms with Gasteiger partial charge >= 0.3 is 0 Å². The molecule has 0 atom stereocenters. The number of aryl methyl sites for hydroxylation is 1. The van der Waals surface area contributed by atoms with Crippen LogP contribution in [0.25, 0.3) is 22.4 Å². The molecule has 0 saturated carbocycles. The first-order valence-electron chi connectivity index (χ1n) is 6.79. The van der Waals surface area contributed by atoms with Crippen LogP contribution in [0.5, 0.6) is 0 Å². The fraction of sp³-hybridized carbons (Fsp3) is 0.200. The summed E-state index contributed by atoms with van der Waals surface area (Å²) in [6.45, 7) is 0.759. The van der Waals surface area contributed by atoms with Gasteiger partial charge in [-0.1, -0.05) is 0 Å². The van der Waals surface area contributed by atoms with E-state index in [-0.39, 0.29) is 30.6 Å². The molecular weight excluding hydrogens is 340 g/mol. The molecule has 2 aromatic heterocycles. The van der Waals surface area contributed by atoms with E-state index in [0.717, 1.165) is 17.6 Å². The summed E-state index contributed by atoms with van der Waals surface area (Å²) >= 11 is 0. The van der Waals surface area contributed by atoms with E-state index < -0.39 is 0 Å². The van der Waals surface area contributed by atoms with Gasteiger partial charge in [0.1, 0.15) is 17.3 Å². The lowest BCUT2D eigenvalue weighted by Gasteiger charge is -2.08. The van der Waals surface area contributed by atoms with Crippen LogP contribution >= 0.6 is 24.8 Å². The van der Waals surface area contributed by atoms with Gasteiger partial charge in [0.25, 0.3) is 0 Å². The van der Waals surface area contributed by atoms with E-state index in [4.69, 9.17) is 5.73 Å². The monoisotopic (exact) mass is 355 g/mol. The molecule has 0 radical (unpaired) electrons. The lowest BCUT2D eigenvalue weighted by atomic mass is 10.1. The molecule has 3 N–H and O–H groups in total. The first kappa shape index (κ1) is 17.3. The molecule has 1 aliphatic heterocycles. The zero-order valence-electron chi connectivity index (χ0n) is 12.3. The van der Waals surface area contributed by atoms with Gasteiger partial charge in [-0.3, -0.25) is 0 Å². The van der Waals surface area contributed by atoms with Crippen molar-refractivity contribution in [1.29, 1.82) is 0 Å². The minimum Gasteiger partial charge on any atom is -0.384 e. The highest BCUT2D eigenvalue weighted by Crippen LogP contribution is 2.32. The van der Waals surface area contributed by atoms with Crippen molar-refractivity contribution in [3.8, 4) is 11.4 Å². The maximum absolute atomic E-state index is 14.7. The highest BCUT2D eigenvalue weighted by atomic mass is 35.5. The molecule has 4 rings (SSSR count). The lowest BCUT2D eigenvalue weighted by Crippen LogP contribution is -2.01. The van der Waals surface area contributed by atoms with Crippen molar-refractivity contribution in [1.82, 2.24) is 14.5 Å². The summed E-state index contributed by atoms with van der Waals surface area (Å²) in [7, 11) is 1.88. The number of rotatable bonds is 1. The number of nitrogens with two attached hydrogens (primary N) is 1. The Hall–Kier alpha value is -2.05. The van der Waals surface area contributed by atoms with Crippen molar-refractivity contribution in [2.75, 3.05) is 17.6 Å². The Labute approximate surface area is 144 Å². The van der Waals surface area contributed by atoms with Gasteiger partial charge in [0.2, 0.25) is 0 Å². The molecule has 1 aromatic carbocycles. The van der Waals surface area contributed by atoms with Crippen molar-refractivity contribution in [2.24, 2.45) is 7.05 Å². The topological polar surface area (TPSA) is 68.8 Å². The third-order valence-corrected chi connectivity index (χ3v) is 3.93. The number of fused-ring (bicyclic) bond motifs is 2. The van der Waals surface area contributed by atoms with Crippen LogP contribution in [0.3, 0.4) is 0 Å². The summed E-state index contributed by atoms with van der Waals surface area (Å²) in [6, 6.07) is 5.43. The molecule has 0 aliphatic carbocycles. The number of hydrogen-bond donors (Lipinski definition) is 2. The zero-order valence-corrected chi connectivity index (χ0v) is 14.0. The van der Waals surface area contributed by atoms with Crippen molar-refractivity contribution in [3.63, 3.8) is 0 Å². The molecule has 0 unspecified atom stereocenters. The van der Waals surface area contributed by atoms with Gasteiger partial charge < -0.3 is 15.6 Å². The lowest BCUT2D eigenvalue weighted by molar-refractivity contribution is 0.618. The Morgan fingerprint density at radius 1 is 1.22 bits per heavy atom. The van der Waals surface area contributed by atoms with Crippen molar-refractivity contribution < 1.29 is 4.39 Å². The predicted octanol–water partition coefficient (Wildman–Crippen LogP) is 3.17. The van der Waals surface area contributed by atoms with Crippen LogP contribution in [0.15, 0.2) is 24.4 Å².